The lowest BCUT2D eigenvalue weighted by Gasteiger charge is -2.30. The van der Waals surface area contributed by atoms with Gasteiger partial charge in [-0.1, -0.05) is 30.2 Å². The van der Waals surface area contributed by atoms with Gasteiger partial charge in [-0.15, -0.1) is 0 Å². The Morgan fingerprint density at radius 2 is 1.95 bits per heavy atom. The van der Waals surface area contributed by atoms with E-state index in [9.17, 15) is 22.7 Å². The number of sulfonamides is 1. The maximum Gasteiger partial charge on any atom is 0.339 e. The van der Waals surface area contributed by atoms with Crippen LogP contribution in [-0.2, 0) is 21.2 Å². The Kier molecular flexibility index (Phi) is 7.21. The van der Waals surface area contributed by atoms with Crippen molar-refractivity contribution in [1.82, 2.24) is 14.1 Å². The first-order valence-corrected chi connectivity index (χ1v) is 14.0. The predicted octanol–water partition coefficient (Wildman–Crippen LogP) is 3.85. The number of rotatable bonds is 8. The second-order valence-corrected chi connectivity index (χ2v) is 11.6. The number of aromatic nitrogens is 2. The first-order valence-electron chi connectivity index (χ1n) is 12.6. The van der Waals surface area contributed by atoms with Gasteiger partial charge in [0.15, 0.2) is 0 Å². The minimum atomic E-state index is -4.08. The topological polar surface area (TPSA) is 102 Å². The van der Waals surface area contributed by atoms with Gasteiger partial charge >= 0.3 is 5.97 Å². The summed E-state index contributed by atoms with van der Waals surface area (Å²) in [6, 6.07) is 12.2. The van der Waals surface area contributed by atoms with E-state index in [4.69, 9.17) is 4.74 Å². The number of allylic oxidation sites excluding steroid dienone is 1. The van der Waals surface area contributed by atoms with E-state index in [-0.39, 0.29) is 47.8 Å². The highest BCUT2D eigenvalue weighted by molar-refractivity contribution is 7.89. The zero-order valence-electron chi connectivity index (χ0n) is 21.3. The predicted molar refractivity (Wildman–Crippen MR) is 139 cm³/mol. The van der Waals surface area contributed by atoms with Crippen molar-refractivity contribution in [2.75, 3.05) is 26.8 Å². The van der Waals surface area contributed by atoms with Gasteiger partial charge in [0.2, 0.25) is 10.0 Å². The van der Waals surface area contributed by atoms with Crippen LogP contribution in [0.5, 0.6) is 0 Å². The number of halogens is 1. The summed E-state index contributed by atoms with van der Waals surface area (Å²) in [5, 5.41) is 14.3. The molecule has 0 unspecified atom stereocenters. The summed E-state index contributed by atoms with van der Waals surface area (Å²) in [4.78, 5) is 12.2. The van der Waals surface area contributed by atoms with E-state index in [1.54, 1.807) is 24.3 Å². The summed E-state index contributed by atoms with van der Waals surface area (Å²) >= 11 is 0. The molecule has 10 heteroatoms. The number of methoxy groups -OCH3 is 1. The highest BCUT2D eigenvalue weighted by Gasteiger charge is 2.39. The van der Waals surface area contributed by atoms with Gasteiger partial charge in [-0.05, 0) is 55.2 Å². The summed E-state index contributed by atoms with van der Waals surface area (Å²) in [5.74, 6) is -1.03. The quantitative estimate of drug-likeness (QED) is 0.345. The molecule has 0 saturated carbocycles. The largest absolute Gasteiger partial charge is 0.465 e. The number of fused-ring (bicyclic) bond motifs is 1. The van der Waals surface area contributed by atoms with Crippen molar-refractivity contribution in [3.63, 3.8) is 0 Å². The number of hydrogen-bond donors (Lipinski definition) is 1. The molecular formula is C28H30FN3O5S. The Morgan fingerprint density at radius 1 is 1.21 bits per heavy atom. The molecule has 0 bridgehead atoms. The van der Waals surface area contributed by atoms with Crippen LogP contribution in [0.4, 0.5) is 4.39 Å². The van der Waals surface area contributed by atoms with Crippen LogP contribution in [0.15, 0.2) is 70.8 Å². The van der Waals surface area contributed by atoms with Gasteiger partial charge in [0, 0.05) is 31.0 Å². The minimum Gasteiger partial charge on any atom is -0.465 e. The third-order valence-electron chi connectivity index (χ3n) is 7.61. The molecule has 1 heterocycles. The molecule has 8 nitrogen and oxygen atoms in total. The lowest BCUT2D eigenvalue weighted by molar-refractivity contribution is 0.0596. The van der Waals surface area contributed by atoms with E-state index in [0.717, 1.165) is 29.8 Å². The summed E-state index contributed by atoms with van der Waals surface area (Å²) in [6.07, 6.45) is 4.17. The second-order valence-electron chi connectivity index (χ2n) is 9.70. The Morgan fingerprint density at radius 3 is 2.66 bits per heavy atom. The summed E-state index contributed by atoms with van der Waals surface area (Å²) in [6.45, 7) is 1.88. The molecule has 1 aromatic heterocycles. The van der Waals surface area contributed by atoms with Crippen LogP contribution < -0.4 is 0 Å². The SMILES string of the molecule is COC(=O)c1ccccc1S(=O)(=O)N(CCO)C[C@H]1CCC2=C1[C@@H](C)c1cnn(-c3ccc(F)cc3)c1C2. The van der Waals surface area contributed by atoms with Crippen LogP contribution >= 0.6 is 0 Å². The van der Waals surface area contributed by atoms with E-state index in [0.29, 0.717) is 6.42 Å². The van der Waals surface area contributed by atoms with E-state index in [2.05, 4.69) is 12.0 Å². The maximum atomic E-state index is 13.7. The van der Waals surface area contributed by atoms with E-state index >= 15 is 0 Å². The molecular weight excluding hydrogens is 509 g/mol. The summed E-state index contributed by atoms with van der Waals surface area (Å²) in [5.41, 5.74) is 5.39. The van der Waals surface area contributed by atoms with Crippen LogP contribution in [0.1, 0.15) is 47.3 Å². The van der Waals surface area contributed by atoms with Crippen molar-refractivity contribution in [3.05, 3.63) is 88.5 Å². The van der Waals surface area contributed by atoms with Gasteiger partial charge in [0.05, 0.1) is 41.8 Å². The van der Waals surface area contributed by atoms with Crippen LogP contribution in [-0.4, -0.2) is 60.4 Å². The molecule has 2 atom stereocenters. The van der Waals surface area contributed by atoms with Crippen molar-refractivity contribution in [3.8, 4) is 5.69 Å². The number of carbonyl (C=O) groups excluding carboxylic acids is 1. The molecule has 38 heavy (non-hydrogen) atoms. The van der Waals surface area contributed by atoms with Crippen molar-refractivity contribution >= 4 is 16.0 Å². The van der Waals surface area contributed by atoms with Crippen molar-refractivity contribution in [2.24, 2.45) is 5.92 Å². The second kappa shape index (κ2) is 10.4. The van der Waals surface area contributed by atoms with Gasteiger partial charge in [-0.2, -0.15) is 9.40 Å². The Hall–Kier alpha value is -3.34. The van der Waals surface area contributed by atoms with E-state index < -0.39 is 16.0 Å². The van der Waals surface area contributed by atoms with Gasteiger partial charge in [0.1, 0.15) is 5.82 Å². The lowest BCUT2D eigenvalue weighted by atomic mass is 9.80. The van der Waals surface area contributed by atoms with Crippen molar-refractivity contribution < 1.29 is 27.4 Å². The normalized spacial score (nSPS) is 19.0. The third-order valence-corrected chi connectivity index (χ3v) is 9.54. The average molecular weight is 540 g/mol. The monoisotopic (exact) mass is 539 g/mol. The van der Waals surface area contributed by atoms with Crippen LogP contribution in [0.25, 0.3) is 5.69 Å². The number of benzene rings is 2. The molecule has 2 aliphatic carbocycles. The molecule has 0 fully saturated rings. The zero-order chi connectivity index (χ0) is 27.0. The molecule has 0 spiro atoms. The Balaban J connectivity index is 1.44. The van der Waals surface area contributed by atoms with Crippen LogP contribution in [0.3, 0.4) is 0 Å². The summed E-state index contributed by atoms with van der Waals surface area (Å²) < 4.78 is 48.8. The maximum absolute atomic E-state index is 13.7. The molecule has 1 N–H and O–H groups in total. The Bertz CT molecular complexity index is 1500. The van der Waals surface area contributed by atoms with Crippen LogP contribution in [0, 0.1) is 11.7 Å². The highest BCUT2D eigenvalue weighted by atomic mass is 32.2. The number of hydrogen-bond acceptors (Lipinski definition) is 6. The molecule has 0 amide bonds. The Labute approximate surface area is 221 Å². The minimum absolute atomic E-state index is 0.0334. The first-order chi connectivity index (χ1) is 18.3. The average Bonchev–Trinajstić information content (AvgIpc) is 3.53. The molecule has 0 radical (unpaired) electrons. The number of nitrogens with zero attached hydrogens (tertiary/aromatic N) is 3. The molecule has 200 valence electrons. The number of aliphatic hydroxyl groups excluding tert-OH is 1. The fraction of sp³-hybridized carbons (Fsp3) is 0.357. The van der Waals surface area contributed by atoms with Gasteiger partial charge in [-0.3, -0.25) is 0 Å². The smallest absolute Gasteiger partial charge is 0.339 e. The number of carbonyl (C=O) groups is 1. The van der Waals surface area contributed by atoms with Gasteiger partial charge < -0.3 is 9.84 Å². The molecule has 0 saturated heterocycles. The highest BCUT2D eigenvalue weighted by Crippen LogP contribution is 2.47. The van der Waals surface area contributed by atoms with Crippen molar-refractivity contribution in [1.29, 1.82) is 0 Å². The molecule has 5 rings (SSSR count). The van der Waals surface area contributed by atoms with E-state index in [1.165, 1.54) is 46.8 Å². The number of aliphatic hydroxyl groups is 1. The molecule has 3 aromatic rings. The van der Waals surface area contributed by atoms with Gasteiger partial charge in [-0.25, -0.2) is 22.3 Å². The third kappa shape index (κ3) is 4.57. The standard InChI is InChI=1S/C28H30FN3O5S/c1-18-24-16-30-32(22-11-9-21(29)10-12-22)25(24)15-19-7-8-20(27(18)19)17-31(13-14-33)38(35,36)26-6-4-3-5-23(26)28(34)37-2/h3-6,9-12,16,18,20,33H,7-8,13-15,17H2,1-2H3/t18-,20+/m0/s1. The number of esters is 1. The summed E-state index contributed by atoms with van der Waals surface area (Å²) in [7, 11) is -2.88. The molecule has 2 aliphatic rings. The molecule has 2 aromatic carbocycles. The fourth-order valence-corrected chi connectivity index (χ4v) is 7.51. The lowest BCUT2D eigenvalue weighted by Crippen LogP contribution is -2.38. The fourth-order valence-electron chi connectivity index (χ4n) is 5.85. The van der Waals surface area contributed by atoms with E-state index in [1.807, 2.05) is 10.9 Å². The molecule has 0 aliphatic heterocycles. The zero-order valence-corrected chi connectivity index (χ0v) is 22.1. The van der Waals surface area contributed by atoms with Crippen molar-refractivity contribution in [2.45, 2.75) is 37.0 Å². The van der Waals surface area contributed by atoms with Gasteiger partial charge in [0.25, 0.3) is 0 Å². The van der Waals surface area contributed by atoms with Crippen LogP contribution in [0.2, 0.25) is 0 Å². The first kappa shape index (κ1) is 26.3. The number of ether oxygens (including phenoxy) is 1.